The Bertz CT molecular complexity index is 547. The Morgan fingerprint density at radius 1 is 1.30 bits per heavy atom. The van der Waals surface area contributed by atoms with Gasteiger partial charge in [-0.1, -0.05) is 35.5 Å². The normalized spacial score (nSPS) is 23.2. The Morgan fingerprint density at radius 3 is 2.65 bits per heavy atom. The molecule has 1 atom stereocenters. The van der Waals surface area contributed by atoms with Crippen LogP contribution in [-0.4, -0.2) is 57.1 Å². The van der Waals surface area contributed by atoms with E-state index in [1.54, 1.807) is 14.0 Å². The van der Waals surface area contributed by atoms with Crippen LogP contribution in [0.5, 0.6) is 0 Å². The monoisotopic (exact) mass is 320 g/mol. The Kier molecular flexibility index (Phi) is 6.12. The zero-order chi connectivity index (χ0) is 16.7. The molecule has 6 nitrogen and oxygen atoms in total. The first-order chi connectivity index (χ1) is 11.2. The number of rotatable bonds is 7. The molecule has 23 heavy (non-hydrogen) atoms. The van der Waals surface area contributed by atoms with E-state index >= 15 is 0 Å². The van der Waals surface area contributed by atoms with Gasteiger partial charge in [-0.05, 0) is 12.5 Å². The van der Waals surface area contributed by atoms with Crippen molar-refractivity contribution in [2.45, 2.75) is 13.5 Å². The maximum atomic E-state index is 12.6. The summed E-state index contributed by atoms with van der Waals surface area (Å²) in [6, 6.07) is 10.1. The molecule has 1 saturated heterocycles. The summed E-state index contributed by atoms with van der Waals surface area (Å²) < 4.78 is 10.6. The lowest BCUT2D eigenvalue weighted by atomic mass is 9.86. The maximum Gasteiger partial charge on any atom is 0.321 e. The van der Waals surface area contributed by atoms with Gasteiger partial charge in [0.1, 0.15) is 12.5 Å². The van der Waals surface area contributed by atoms with E-state index in [1.165, 1.54) is 12.7 Å². The first-order valence-corrected chi connectivity index (χ1v) is 7.69. The van der Waals surface area contributed by atoms with Gasteiger partial charge < -0.3 is 14.3 Å². The molecule has 2 rings (SSSR count). The van der Waals surface area contributed by atoms with E-state index in [1.807, 2.05) is 18.2 Å². The van der Waals surface area contributed by atoms with Gasteiger partial charge in [0, 0.05) is 26.7 Å². The van der Waals surface area contributed by atoms with Crippen molar-refractivity contribution in [3.63, 3.8) is 0 Å². The van der Waals surface area contributed by atoms with E-state index in [2.05, 4.69) is 22.2 Å². The maximum absolute atomic E-state index is 12.6. The molecule has 1 unspecified atom stereocenters. The van der Waals surface area contributed by atoms with E-state index in [0.29, 0.717) is 25.4 Å². The van der Waals surface area contributed by atoms with Crippen LogP contribution in [0.4, 0.5) is 0 Å². The second-order valence-electron chi connectivity index (χ2n) is 5.59. The van der Waals surface area contributed by atoms with Crippen molar-refractivity contribution in [1.29, 1.82) is 0 Å². The zero-order valence-corrected chi connectivity index (χ0v) is 13.9. The van der Waals surface area contributed by atoms with E-state index in [9.17, 15) is 4.79 Å². The average Bonchev–Trinajstić information content (AvgIpc) is 2.88. The fourth-order valence-electron chi connectivity index (χ4n) is 2.96. The predicted molar refractivity (Wildman–Crippen MR) is 87.1 cm³/mol. The van der Waals surface area contributed by atoms with Crippen LogP contribution in [-0.2, 0) is 25.7 Å². The van der Waals surface area contributed by atoms with Crippen LogP contribution in [0.2, 0.25) is 0 Å². The quantitative estimate of drug-likeness (QED) is 0.565. The van der Waals surface area contributed by atoms with E-state index in [-0.39, 0.29) is 12.6 Å². The highest BCUT2D eigenvalue weighted by atomic mass is 16.6. The first-order valence-electron chi connectivity index (χ1n) is 7.69. The summed E-state index contributed by atoms with van der Waals surface area (Å²) in [4.78, 5) is 19.7. The smallest absolute Gasteiger partial charge is 0.321 e. The number of nitrogens with zero attached hydrogens (tertiary/aromatic N) is 2. The van der Waals surface area contributed by atoms with Crippen molar-refractivity contribution >= 4 is 11.7 Å². The summed E-state index contributed by atoms with van der Waals surface area (Å²) in [6.45, 7) is 4.11. The lowest BCUT2D eigenvalue weighted by Gasteiger charge is -2.26. The number of likely N-dealkylation sites (tertiary alicyclic amines) is 1. The number of methoxy groups -OCH3 is 1. The fraction of sp³-hybridized carbons (Fsp3) is 0.529. The molecular formula is C17H24N2O4. The molecule has 0 spiro atoms. The van der Waals surface area contributed by atoms with Gasteiger partial charge in [0.05, 0.1) is 18.9 Å². The largest absolute Gasteiger partial charge is 0.465 e. The Labute approximate surface area is 137 Å². The standard InChI is InChI=1S/C17H24N2O4/c1-4-23-16(20)17(13-21-2)12-19(11-15(17)18-22-3)10-14-8-6-5-7-9-14/h5-9H,4,10-13H2,1-3H3/b18-15+. The Morgan fingerprint density at radius 2 is 2.04 bits per heavy atom. The molecule has 0 aromatic heterocycles. The number of benzene rings is 1. The lowest BCUT2D eigenvalue weighted by molar-refractivity contribution is -0.153. The third-order valence-corrected chi connectivity index (χ3v) is 3.93. The number of hydrogen-bond acceptors (Lipinski definition) is 6. The Balaban J connectivity index is 2.24. The summed E-state index contributed by atoms with van der Waals surface area (Å²) in [5.41, 5.74) is 0.924. The second kappa shape index (κ2) is 8.08. The van der Waals surface area contributed by atoms with Gasteiger partial charge in [-0.25, -0.2) is 0 Å². The van der Waals surface area contributed by atoms with Crippen LogP contribution < -0.4 is 0 Å². The second-order valence-corrected chi connectivity index (χ2v) is 5.59. The molecule has 0 amide bonds. The minimum Gasteiger partial charge on any atom is -0.465 e. The molecule has 1 aliphatic heterocycles. The number of esters is 1. The summed E-state index contributed by atoms with van der Waals surface area (Å²) in [5.74, 6) is -0.312. The average molecular weight is 320 g/mol. The molecule has 0 radical (unpaired) electrons. The molecule has 126 valence electrons. The summed E-state index contributed by atoms with van der Waals surface area (Å²) in [6.07, 6.45) is 0. The van der Waals surface area contributed by atoms with Crippen molar-refractivity contribution in [1.82, 2.24) is 4.90 Å². The molecule has 1 aromatic carbocycles. The summed E-state index contributed by atoms with van der Waals surface area (Å²) >= 11 is 0. The molecule has 6 heteroatoms. The minimum atomic E-state index is -0.907. The Hall–Kier alpha value is -1.92. The van der Waals surface area contributed by atoms with Gasteiger partial charge >= 0.3 is 5.97 Å². The predicted octanol–water partition coefficient (Wildman–Crippen LogP) is 1.70. The molecule has 1 heterocycles. The SMILES string of the molecule is CCOC(=O)C1(COC)CN(Cc2ccccc2)C/C1=N\OC. The molecular weight excluding hydrogens is 296 g/mol. The van der Waals surface area contributed by atoms with Gasteiger partial charge in [-0.3, -0.25) is 9.69 Å². The lowest BCUT2D eigenvalue weighted by Crippen LogP contribution is -2.45. The van der Waals surface area contributed by atoms with Gasteiger partial charge in [0.15, 0.2) is 0 Å². The van der Waals surface area contributed by atoms with Crippen molar-refractivity contribution in [2.75, 3.05) is 40.5 Å². The number of carbonyl (C=O) groups is 1. The molecule has 0 bridgehead atoms. The van der Waals surface area contributed by atoms with Crippen molar-refractivity contribution in [3.05, 3.63) is 35.9 Å². The van der Waals surface area contributed by atoms with Crippen molar-refractivity contribution < 1.29 is 19.1 Å². The third kappa shape index (κ3) is 3.89. The molecule has 1 aliphatic rings. The number of carbonyl (C=O) groups excluding carboxylic acids is 1. The fourth-order valence-corrected chi connectivity index (χ4v) is 2.96. The van der Waals surface area contributed by atoms with Crippen LogP contribution in [0.15, 0.2) is 35.5 Å². The van der Waals surface area contributed by atoms with Gasteiger partial charge in [0.2, 0.25) is 0 Å². The van der Waals surface area contributed by atoms with Crippen LogP contribution in [0.1, 0.15) is 12.5 Å². The number of hydrogen-bond donors (Lipinski definition) is 0. The molecule has 0 saturated carbocycles. The topological polar surface area (TPSA) is 60.4 Å². The minimum absolute atomic E-state index is 0.222. The molecule has 0 aliphatic carbocycles. The van der Waals surface area contributed by atoms with Gasteiger partial charge in [-0.2, -0.15) is 0 Å². The number of ether oxygens (including phenoxy) is 2. The van der Waals surface area contributed by atoms with E-state index in [0.717, 1.165) is 6.54 Å². The van der Waals surface area contributed by atoms with Crippen LogP contribution >= 0.6 is 0 Å². The van der Waals surface area contributed by atoms with Gasteiger partial charge in [0.25, 0.3) is 0 Å². The number of oxime groups is 1. The van der Waals surface area contributed by atoms with Crippen LogP contribution in [0, 0.1) is 5.41 Å². The van der Waals surface area contributed by atoms with Crippen molar-refractivity contribution in [3.8, 4) is 0 Å². The highest BCUT2D eigenvalue weighted by molar-refractivity contribution is 6.09. The first kappa shape index (κ1) is 17.4. The van der Waals surface area contributed by atoms with E-state index in [4.69, 9.17) is 14.3 Å². The molecule has 0 N–H and O–H groups in total. The summed E-state index contributed by atoms with van der Waals surface area (Å²) in [7, 11) is 3.06. The molecule has 1 aromatic rings. The van der Waals surface area contributed by atoms with Crippen molar-refractivity contribution in [2.24, 2.45) is 10.6 Å². The highest BCUT2D eigenvalue weighted by Gasteiger charge is 2.52. The van der Waals surface area contributed by atoms with Gasteiger partial charge in [-0.15, -0.1) is 0 Å². The van der Waals surface area contributed by atoms with E-state index < -0.39 is 5.41 Å². The summed E-state index contributed by atoms with van der Waals surface area (Å²) in [5, 5.41) is 4.09. The van der Waals surface area contributed by atoms with Crippen LogP contribution in [0.3, 0.4) is 0 Å². The highest BCUT2D eigenvalue weighted by Crippen LogP contribution is 2.31. The third-order valence-electron chi connectivity index (χ3n) is 3.93. The zero-order valence-electron chi connectivity index (χ0n) is 13.9. The van der Waals surface area contributed by atoms with Crippen LogP contribution in [0.25, 0.3) is 0 Å². The molecule has 1 fully saturated rings.